The second-order valence-corrected chi connectivity index (χ2v) is 5.59. The summed E-state index contributed by atoms with van der Waals surface area (Å²) in [4.78, 5) is 25.6. The van der Waals surface area contributed by atoms with Gasteiger partial charge in [-0.15, -0.1) is 0 Å². The van der Waals surface area contributed by atoms with Crippen LogP contribution in [0, 0.1) is 11.7 Å². The van der Waals surface area contributed by atoms with Gasteiger partial charge >= 0.3 is 6.18 Å². The molecular weight excluding hydrogens is 328 g/mol. The van der Waals surface area contributed by atoms with E-state index in [0.29, 0.717) is 24.2 Å². The summed E-state index contributed by atoms with van der Waals surface area (Å²) < 4.78 is 51.7. The molecule has 1 amide bonds. The normalized spacial score (nSPS) is 19.8. The highest BCUT2D eigenvalue weighted by atomic mass is 19.4. The first-order valence-electron chi connectivity index (χ1n) is 7.12. The van der Waals surface area contributed by atoms with Gasteiger partial charge in [0.05, 0.1) is 5.56 Å². The molecule has 2 atom stereocenters. The van der Waals surface area contributed by atoms with Crippen molar-refractivity contribution in [2.24, 2.45) is 5.92 Å². The third-order valence-electron chi connectivity index (χ3n) is 3.92. The lowest BCUT2D eigenvalue weighted by molar-refractivity contribution is -0.137. The molecule has 0 unspecified atom stereocenters. The molecule has 1 aliphatic rings. The first kappa shape index (κ1) is 16.2. The van der Waals surface area contributed by atoms with E-state index in [0.717, 1.165) is 0 Å². The van der Waals surface area contributed by atoms with Crippen LogP contribution >= 0.6 is 0 Å². The van der Waals surface area contributed by atoms with E-state index in [1.165, 1.54) is 12.1 Å². The number of nitrogens with one attached hydrogen (secondary N) is 2. The average Bonchev–Trinajstić information content (AvgIpc) is 3.29. The van der Waals surface area contributed by atoms with Crippen LogP contribution in [0.1, 0.15) is 23.5 Å². The summed E-state index contributed by atoms with van der Waals surface area (Å²) in [5.74, 6) is -1.95. The molecule has 1 fully saturated rings. The first-order valence-corrected chi connectivity index (χ1v) is 7.12. The summed E-state index contributed by atoms with van der Waals surface area (Å²) in [7, 11) is 0. The molecule has 0 radical (unpaired) electrons. The molecule has 3 rings (SSSR count). The molecule has 1 aromatic heterocycles. The van der Waals surface area contributed by atoms with Crippen molar-refractivity contribution in [1.29, 1.82) is 0 Å². The fraction of sp³-hybridized carbons (Fsp3) is 0.250. The zero-order valence-corrected chi connectivity index (χ0v) is 12.2. The third-order valence-corrected chi connectivity index (χ3v) is 3.92. The Morgan fingerprint density at radius 1 is 1.25 bits per heavy atom. The number of hydrogen-bond donors (Lipinski definition) is 2. The summed E-state index contributed by atoms with van der Waals surface area (Å²) in [6, 6.07) is 6.59. The van der Waals surface area contributed by atoms with Crippen molar-refractivity contribution >= 4 is 11.6 Å². The van der Waals surface area contributed by atoms with E-state index in [-0.39, 0.29) is 5.92 Å². The van der Waals surface area contributed by atoms with Gasteiger partial charge in [-0.1, -0.05) is 18.2 Å². The fourth-order valence-corrected chi connectivity index (χ4v) is 2.57. The number of halogens is 4. The minimum absolute atomic E-state index is 0.337. The lowest BCUT2D eigenvalue weighted by Gasteiger charge is -2.09. The molecule has 1 heterocycles. The maximum absolute atomic E-state index is 13.7. The minimum Gasteiger partial charge on any atom is -0.327 e. The van der Waals surface area contributed by atoms with Gasteiger partial charge in [-0.25, -0.2) is 4.39 Å². The molecule has 2 N–H and O–H groups in total. The molecule has 0 bridgehead atoms. The molecular formula is C16H12F4N2O2. The van der Waals surface area contributed by atoms with E-state index in [4.69, 9.17) is 0 Å². The van der Waals surface area contributed by atoms with Crippen LogP contribution in [0.25, 0.3) is 0 Å². The van der Waals surface area contributed by atoms with Crippen LogP contribution in [-0.2, 0) is 11.0 Å². The molecule has 24 heavy (non-hydrogen) atoms. The highest BCUT2D eigenvalue weighted by Gasteiger charge is 2.45. The maximum atomic E-state index is 13.7. The van der Waals surface area contributed by atoms with Crippen molar-refractivity contribution in [3.8, 4) is 0 Å². The van der Waals surface area contributed by atoms with Crippen molar-refractivity contribution in [1.82, 2.24) is 4.98 Å². The van der Waals surface area contributed by atoms with Gasteiger partial charge in [0.15, 0.2) is 0 Å². The number of rotatable bonds is 3. The van der Waals surface area contributed by atoms with E-state index in [1.807, 2.05) is 4.98 Å². The molecule has 1 aliphatic carbocycles. The highest BCUT2D eigenvalue weighted by Crippen LogP contribution is 2.48. The Labute approximate surface area is 133 Å². The van der Waals surface area contributed by atoms with E-state index in [1.54, 1.807) is 12.1 Å². The van der Waals surface area contributed by atoms with Crippen molar-refractivity contribution in [3.63, 3.8) is 0 Å². The quantitative estimate of drug-likeness (QED) is 0.843. The van der Waals surface area contributed by atoms with Crippen molar-refractivity contribution in [3.05, 3.63) is 63.8 Å². The number of pyridine rings is 1. The third kappa shape index (κ3) is 3.17. The van der Waals surface area contributed by atoms with Gasteiger partial charge in [0.2, 0.25) is 5.91 Å². The molecule has 126 valence electrons. The Kier molecular flexibility index (Phi) is 3.90. The van der Waals surface area contributed by atoms with Crippen molar-refractivity contribution in [2.75, 3.05) is 5.32 Å². The molecule has 4 nitrogen and oxygen atoms in total. The Balaban J connectivity index is 1.75. The van der Waals surface area contributed by atoms with Gasteiger partial charge in [-0.05, 0) is 30.0 Å². The molecule has 0 spiro atoms. The fourth-order valence-electron chi connectivity index (χ4n) is 2.57. The van der Waals surface area contributed by atoms with Crippen molar-refractivity contribution in [2.45, 2.75) is 18.5 Å². The number of alkyl halides is 3. The van der Waals surface area contributed by atoms with Crippen LogP contribution in [-0.4, -0.2) is 10.9 Å². The number of anilines is 1. The lowest BCUT2D eigenvalue weighted by atomic mass is 10.1. The van der Waals surface area contributed by atoms with Crippen LogP contribution in [0.15, 0.2) is 41.3 Å². The smallest absolute Gasteiger partial charge is 0.327 e. The summed E-state index contributed by atoms with van der Waals surface area (Å²) in [5.41, 5.74) is -2.00. The number of carbonyl (C=O) groups is 1. The molecule has 1 aromatic carbocycles. The van der Waals surface area contributed by atoms with Gasteiger partial charge in [-0.2, -0.15) is 13.2 Å². The summed E-state index contributed by atoms with van der Waals surface area (Å²) in [5, 5.41) is 2.20. The molecule has 1 saturated carbocycles. The lowest BCUT2D eigenvalue weighted by Crippen LogP contribution is -2.22. The second kappa shape index (κ2) is 5.77. The largest absolute Gasteiger partial charge is 0.417 e. The Morgan fingerprint density at radius 2 is 1.96 bits per heavy atom. The van der Waals surface area contributed by atoms with E-state index in [2.05, 4.69) is 5.32 Å². The number of aromatic nitrogens is 1. The molecule has 2 aromatic rings. The van der Waals surface area contributed by atoms with Crippen LogP contribution in [0.2, 0.25) is 0 Å². The predicted molar refractivity (Wildman–Crippen MR) is 77.9 cm³/mol. The summed E-state index contributed by atoms with van der Waals surface area (Å²) in [6.07, 6.45) is -3.72. The second-order valence-electron chi connectivity index (χ2n) is 5.59. The Hall–Kier alpha value is -2.64. The van der Waals surface area contributed by atoms with Crippen LogP contribution in [0.3, 0.4) is 0 Å². The van der Waals surface area contributed by atoms with Gasteiger partial charge in [0.1, 0.15) is 11.5 Å². The average molecular weight is 340 g/mol. The van der Waals surface area contributed by atoms with Crippen LogP contribution in [0.4, 0.5) is 23.2 Å². The monoisotopic (exact) mass is 340 g/mol. The zero-order valence-electron chi connectivity index (χ0n) is 12.2. The predicted octanol–water partition coefficient (Wildman–Crippen LogP) is 3.28. The first-order chi connectivity index (χ1) is 11.3. The van der Waals surface area contributed by atoms with Crippen LogP contribution < -0.4 is 10.9 Å². The number of hydrogen-bond acceptors (Lipinski definition) is 2. The SMILES string of the molecule is O=C(Nc1cc(C(F)(F)F)c[nH]c1=O)[C@H]1C[C@@H]1c1ccccc1F. The Bertz CT molecular complexity index is 844. The Morgan fingerprint density at radius 3 is 2.62 bits per heavy atom. The standard InChI is InChI=1S/C16H12F4N2O2/c17-12-4-2-1-3-9(12)10-6-11(10)14(23)22-13-5-8(16(18,19)20)7-21-15(13)24/h1-5,7,10-11H,6H2,(H,21,24)(H,22,23)/t10-,11+/m1/s1. The van der Waals surface area contributed by atoms with Gasteiger partial charge in [0, 0.05) is 12.1 Å². The maximum Gasteiger partial charge on any atom is 0.417 e. The van der Waals surface area contributed by atoms with Crippen LogP contribution in [0.5, 0.6) is 0 Å². The van der Waals surface area contributed by atoms with Gasteiger partial charge in [0.25, 0.3) is 5.56 Å². The molecule has 8 heteroatoms. The number of carbonyl (C=O) groups excluding carboxylic acids is 1. The highest BCUT2D eigenvalue weighted by molar-refractivity contribution is 5.95. The van der Waals surface area contributed by atoms with Gasteiger partial charge in [-0.3, -0.25) is 9.59 Å². The number of amides is 1. The minimum atomic E-state index is -4.64. The molecule has 0 saturated heterocycles. The van der Waals surface area contributed by atoms with Gasteiger partial charge < -0.3 is 10.3 Å². The van der Waals surface area contributed by atoms with E-state index in [9.17, 15) is 27.2 Å². The number of benzene rings is 1. The van der Waals surface area contributed by atoms with E-state index >= 15 is 0 Å². The number of aromatic amines is 1. The topological polar surface area (TPSA) is 62.0 Å². The summed E-state index contributed by atoms with van der Waals surface area (Å²) in [6.45, 7) is 0. The number of H-pyrrole nitrogens is 1. The van der Waals surface area contributed by atoms with E-state index < -0.39 is 40.6 Å². The van der Waals surface area contributed by atoms with Crippen molar-refractivity contribution < 1.29 is 22.4 Å². The zero-order chi connectivity index (χ0) is 17.5. The summed E-state index contributed by atoms with van der Waals surface area (Å²) >= 11 is 0. The molecule has 0 aliphatic heterocycles.